The van der Waals surface area contributed by atoms with E-state index in [-0.39, 0.29) is 0 Å². The third-order valence-corrected chi connectivity index (χ3v) is 5.07. The summed E-state index contributed by atoms with van der Waals surface area (Å²) in [5, 5.41) is 0. The highest BCUT2D eigenvalue weighted by atomic mass is 16.5. The normalized spacial score (nSPS) is 28.0. The summed E-state index contributed by atoms with van der Waals surface area (Å²) in [4.78, 5) is 5.21. The molecule has 0 aliphatic carbocycles. The molecule has 2 saturated heterocycles. The number of piperidine rings is 1. The van der Waals surface area contributed by atoms with Gasteiger partial charge in [0.25, 0.3) is 0 Å². The maximum atomic E-state index is 5.51. The first-order chi connectivity index (χ1) is 10.3. The number of likely N-dealkylation sites (tertiary alicyclic amines) is 2. The molecule has 2 fully saturated rings. The summed E-state index contributed by atoms with van der Waals surface area (Å²) < 4.78 is 5.51. The largest absolute Gasteiger partial charge is 0.380 e. The maximum Gasteiger partial charge on any atom is 0.0698 e. The minimum absolute atomic E-state index is 0.453. The van der Waals surface area contributed by atoms with Crippen LogP contribution < -0.4 is 0 Å². The van der Waals surface area contributed by atoms with Gasteiger partial charge in [-0.2, -0.15) is 0 Å². The third-order valence-electron chi connectivity index (χ3n) is 5.07. The number of hydrogen-bond donors (Lipinski definition) is 0. The first kappa shape index (κ1) is 15.0. The van der Waals surface area contributed by atoms with Gasteiger partial charge >= 0.3 is 0 Å². The third kappa shape index (κ3) is 4.06. The van der Waals surface area contributed by atoms with Crippen molar-refractivity contribution in [3.63, 3.8) is 0 Å². The van der Waals surface area contributed by atoms with E-state index in [0.717, 1.165) is 12.5 Å². The molecule has 0 amide bonds. The zero-order valence-electron chi connectivity index (χ0n) is 13.2. The van der Waals surface area contributed by atoms with Crippen molar-refractivity contribution in [1.82, 2.24) is 9.80 Å². The molecule has 3 nitrogen and oxygen atoms in total. The van der Waals surface area contributed by atoms with Crippen LogP contribution in [-0.2, 0) is 4.74 Å². The lowest BCUT2D eigenvalue weighted by Gasteiger charge is -2.33. The molecule has 0 unspecified atom stereocenters. The lowest BCUT2D eigenvalue weighted by Crippen LogP contribution is -2.42. The smallest absolute Gasteiger partial charge is 0.0698 e. The van der Waals surface area contributed by atoms with Crippen LogP contribution in [0.2, 0.25) is 0 Å². The van der Waals surface area contributed by atoms with Gasteiger partial charge in [0, 0.05) is 33.3 Å². The number of hydrogen-bond acceptors (Lipinski definition) is 3. The summed E-state index contributed by atoms with van der Waals surface area (Å²) in [5.41, 5.74) is 1.51. The molecule has 1 aromatic carbocycles. The molecule has 0 aromatic heterocycles. The molecule has 2 aliphatic rings. The first-order valence-electron chi connectivity index (χ1n) is 8.37. The average Bonchev–Trinajstić information content (AvgIpc) is 3.03. The van der Waals surface area contributed by atoms with Crippen molar-refractivity contribution in [2.75, 3.05) is 46.4 Å². The lowest BCUT2D eigenvalue weighted by molar-refractivity contribution is 0.0288. The van der Waals surface area contributed by atoms with Gasteiger partial charge in [0.2, 0.25) is 0 Å². The SMILES string of the molecule is CO[C@@H]1CCCN(CCN2CC[C@H](c3ccccc3)C2)C1. The van der Waals surface area contributed by atoms with Crippen LogP contribution in [-0.4, -0.2) is 62.3 Å². The maximum absolute atomic E-state index is 5.51. The highest BCUT2D eigenvalue weighted by molar-refractivity contribution is 5.20. The lowest BCUT2D eigenvalue weighted by atomic mass is 9.99. The summed E-state index contributed by atoms with van der Waals surface area (Å²) in [6.45, 7) is 7.25. The fraction of sp³-hybridized carbons (Fsp3) is 0.667. The van der Waals surface area contributed by atoms with Gasteiger partial charge in [-0.05, 0) is 43.8 Å². The van der Waals surface area contributed by atoms with Gasteiger partial charge in [0.1, 0.15) is 0 Å². The zero-order chi connectivity index (χ0) is 14.5. The minimum atomic E-state index is 0.453. The molecule has 0 N–H and O–H groups in total. The minimum Gasteiger partial charge on any atom is -0.380 e. The van der Waals surface area contributed by atoms with Gasteiger partial charge in [-0.1, -0.05) is 30.3 Å². The Kier molecular flexibility index (Phi) is 5.28. The van der Waals surface area contributed by atoms with Gasteiger partial charge in [0.15, 0.2) is 0 Å². The van der Waals surface area contributed by atoms with Crippen LogP contribution in [0.1, 0.15) is 30.7 Å². The van der Waals surface area contributed by atoms with E-state index in [1.807, 2.05) is 7.11 Å². The molecule has 3 heteroatoms. The Balaban J connectivity index is 1.43. The molecule has 0 bridgehead atoms. The summed E-state index contributed by atoms with van der Waals surface area (Å²) in [6, 6.07) is 11.0. The Morgan fingerprint density at radius 1 is 1.00 bits per heavy atom. The summed E-state index contributed by atoms with van der Waals surface area (Å²) in [7, 11) is 1.85. The molecule has 116 valence electrons. The summed E-state index contributed by atoms with van der Waals surface area (Å²) in [6.07, 6.45) is 4.28. The second-order valence-corrected chi connectivity index (χ2v) is 6.50. The average molecular weight is 288 g/mol. The van der Waals surface area contributed by atoms with E-state index >= 15 is 0 Å². The van der Waals surface area contributed by atoms with Crippen LogP contribution in [0, 0.1) is 0 Å². The van der Waals surface area contributed by atoms with Crippen LogP contribution >= 0.6 is 0 Å². The molecule has 0 radical (unpaired) electrons. The highest BCUT2D eigenvalue weighted by Crippen LogP contribution is 2.26. The molecule has 0 saturated carbocycles. The van der Waals surface area contributed by atoms with Crippen LogP contribution in [0.4, 0.5) is 0 Å². The van der Waals surface area contributed by atoms with Crippen LogP contribution in [0.15, 0.2) is 30.3 Å². The van der Waals surface area contributed by atoms with E-state index in [9.17, 15) is 0 Å². The van der Waals surface area contributed by atoms with Crippen molar-refractivity contribution in [1.29, 1.82) is 0 Å². The molecular weight excluding hydrogens is 260 g/mol. The number of rotatable bonds is 5. The van der Waals surface area contributed by atoms with Gasteiger partial charge in [-0.3, -0.25) is 4.90 Å². The standard InChI is InChI=1S/C18H28N2O/c1-21-18-8-5-10-19(15-18)12-13-20-11-9-17(14-20)16-6-3-2-4-7-16/h2-4,6-7,17-18H,5,8-15H2,1H3/t17-,18+/m0/s1. The number of benzene rings is 1. The van der Waals surface area contributed by atoms with Crippen molar-refractivity contribution in [2.45, 2.75) is 31.3 Å². The predicted molar refractivity (Wildman–Crippen MR) is 86.7 cm³/mol. The van der Waals surface area contributed by atoms with E-state index < -0.39 is 0 Å². The van der Waals surface area contributed by atoms with Crippen molar-refractivity contribution in [3.05, 3.63) is 35.9 Å². The van der Waals surface area contributed by atoms with Gasteiger partial charge < -0.3 is 9.64 Å². The van der Waals surface area contributed by atoms with Crippen molar-refractivity contribution < 1.29 is 4.74 Å². The molecule has 2 heterocycles. The Morgan fingerprint density at radius 3 is 2.52 bits per heavy atom. The number of nitrogens with zero attached hydrogens (tertiary/aromatic N) is 2. The number of methoxy groups -OCH3 is 1. The monoisotopic (exact) mass is 288 g/mol. The van der Waals surface area contributed by atoms with Gasteiger partial charge in [0.05, 0.1) is 6.10 Å². The molecule has 2 aliphatic heterocycles. The molecular formula is C18H28N2O. The van der Waals surface area contributed by atoms with Crippen molar-refractivity contribution >= 4 is 0 Å². The van der Waals surface area contributed by atoms with E-state index in [2.05, 4.69) is 40.1 Å². The molecule has 21 heavy (non-hydrogen) atoms. The van der Waals surface area contributed by atoms with Crippen LogP contribution in [0.25, 0.3) is 0 Å². The Hall–Kier alpha value is -0.900. The molecule has 3 rings (SSSR count). The Labute approximate surface area is 128 Å². The second kappa shape index (κ2) is 7.39. The molecule has 2 atom stereocenters. The fourth-order valence-electron chi connectivity index (χ4n) is 3.72. The highest BCUT2D eigenvalue weighted by Gasteiger charge is 2.25. The zero-order valence-corrected chi connectivity index (χ0v) is 13.2. The Bertz CT molecular complexity index is 422. The fourth-order valence-corrected chi connectivity index (χ4v) is 3.72. The topological polar surface area (TPSA) is 15.7 Å². The van der Waals surface area contributed by atoms with Crippen molar-refractivity contribution in [3.8, 4) is 0 Å². The van der Waals surface area contributed by atoms with Gasteiger partial charge in [-0.15, -0.1) is 0 Å². The second-order valence-electron chi connectivity index (χ2n) is 6.50. The van der Waals surface area contributed by atoms with E-state index in [1.165, 1.54) is 57.5 Å². The summed E-state index contributed by atoms with van der Waals surface area (Å²) >= 11 is 0. The number of ether oxygens (including phenoxy) is 1. The van der Waals surface area contributed by atoms with E-state index in [0.29, 0.717) is 6.10 Å². The first-order valence-corrected chi connectivity index (χ1v) is 8.37. The predicted octanol–water partition coefficient (Wildman–Crippen LogP) is 2.59. The molecule has 0 spiro atoms. The van der Waals surface area contributed by atoms with Crippen LogP contribution in [0.3, 0.4) is 0 Å². The molecule has 1 aromatic rings. The van der Waals surface area contributed by atoms with E-state index in [1.54, 1.807) is 0 Å². The van der Waals surface area contributed by atoms with Crippen molar-refractivity contribution in [2.24, 2.45) is 0 Å². The Morgan fingerprint density at radius 2 is 1.76 bits per heavy atom. The van der Waals surface area contributed by atoms with Crippen LogP contribution in [0.5, 0.6) is 0 Å². The quantitative estimate of drug-likeness (QED) is 0.828. The summed E-state index contributed by atoms with van der Waals surface area (Å²) in [5.74, 6) is 0.735. The van der Waals surface area contributed by atoms with E-state index in [4.69, 9.17) is 4.74 Å². The van der Waals surface area contributed by atoms with Gasteiger partial charge in [-0.25, -0.2) is 0 Å².